The molecule has 0 aliphatic heterocycles. The normalized spacial score (nSPS) is 11.3. The van der Waals surface area contributed by atoms with Gasteiger partial charge in [0.25, 0.3) is 0 Å². The average molecular weight is 404 g/mol. The number of fused-ring (bicyclic) bond motifs is 2. The number of aromatic nitrogens is 3. The van der Waals surface area contributed by atoms with Crippen molar-refractivity contribution in [1.82, 2.24) is 15.0 Å². The van der Waals surface area contributed by atoms with Gasteiger partial charge in [0.1, 0.15) is 22.1 Å². The van der Waals surface area contributed by atoms with E-state index in [4.69, 9.17) is 32.7 Å². The largest absolute Gasteiger partial charge is 0.468 e. The van der Waals surface area contributed by atoms with Crippen molar-refractivity contribution in [3.8, 4) is 17.0 Å². The lowest BCUT2D eigenvalue weighted by Crippen LogP contribution is -2.00. The van der Waals surface area contributed by atoms with Crippen molar-refractivity contribution in [2.24, 2.45) is 0 Å². The summed E-state index contributed by atoms with van der Waals surface area (Å²) in [6.07, 6.45) is 1.43. The van der Waals surface area contributed by atoms with E-state index in [1.807, 2.05) is 30.3 Å². The summed E-state index contributed by atoms with van der Waals surface area (Å²) in [5, 5.41) is 1.90. The lowest BCUT2D eigenvalue weighted by atomic mass is 10.0. The molecule has 0 N–H and O–H groups in total. The molecule has 4 aromatic rings. The van der Waals surface area contributed by atoms with Gasteiger partial charge in [0, 0.05) is 18.9 Å². The molecule has 2 aromatic carbocycles. The van der Waals surface area contributed by atoms with Gasteiger partial charge in [-0.05, 0) is 34.5 Å². The summed E-state index contributed by atoms with van der Waals surface area (Å²) in [6.45, 7) is 0.0733. The Bertz CT molecular complexity index is 1170. The van der Waals surface area contributed by atoms with Crippen molar-refractivity contribution in [2.45, 2.75) is 0 Å². The highest BCUT2D eigenvalue weighted by molar-refractivity contribution is 6.35. The topological polar surface area (TPSA) is 57.1 Å². The minimum absolute atomic E-state index is 0.0114. The van der Waals surface area contributed by atoms with E-state index in [0.717, 1.165) is 10.8 Å². The van der Waals surface area contributed by atoms with Crippen LogP contribution in [-0.2, 0) is 4.74 Å². The molecular weight excluding hydrogens is 392 g/mol. The smallest absolute Gasteiger partial charge is 0.224 e. The van der Waals surface area contributed by atoms with Crippen LogP contribution in [0.15, 0.2) is 42.6 Å². The predicted octanol–water partition coefficient (Wildman–Crippen LogP) is 5.27. The maximum Gasteiger partial charge on any atom is 0.224 e. The monoisotopic (exact) mass is 403 g/mol. The zero-order valence-electron chi connectivity index (χ0n) is 14.0. The Balaban J connectivity index is 2.00. The average Bonchev–Trinajstić information content (AvgIpc) is 2.66. The molecule has 0 bridgehead atoms. The van der Waals surface area contributed by atoms with Crippen LogP contribution in [0.5, 0.6) is 5.75 Å². The molecule has 0 atom stereocenters. The Kier molecular flexibility index (Phi) is 4.78. The zero-order chi connectivity index (χ0) is 19.0. The molecule has 0 saturated heterocycles. The van der Waals surface area contributed by atoms with E-state index in [1.54, 1.807) is 6.07 Å². The summed E-state index contributed by atoms with van der Waals surface area (Å²) in [7, 11) is 1.53. The fourth-order valence-electron chi connectivity index (χ4n) is 2.87. The predicted molar refractivity (Wildman–Crippen MR) is 103 cm³/mol. The number of ether oxygens (including phenoxy) is 2. The van der Waals surface area contributed by atoms with Gasteiger partial charge in [0.15, 0.2) is 12.6 Å². The number of nitrogens with zero attached hydrogens (tertiary/aromatic N) is 3. The Labute approximate surface area is 163 Å². The Morgan fingerprint density at radius 1 is 1.07 bits per heavy atom. The van der Waals surface area contributed by atoms with Gasteiger partial charge in [-0.2, -0.15) is 0 Å². The van der Waals surface area contributed by atoms with E-state index in [0.29, 0.717) is 16.7 Å². The molecule has 0 unspecified atom stereocenters. The van der Waals surface area contributed by atoms with E-state index in [-0.39, 0.29) is 28.4 Å². The summed E-state index contributed by atoms with van der Waals surface area (Å²) in [5.41, 5.74) is 0.689. The second-order valence-electron chi connectivity index (χ2n) is 5.71. The minimum Gasteiger partial charge on any atom is -0.468 e. The van der Waals surface area contributed by atoms with Crippen LogP contribution in [0, 0.1) is 5.82 Å². The van der Waals surface area contributed by atoms with Crippen molar-refractivity contribution in [1.29, 1.82) is 0 Å². The Hall–Kier alpha value is -2.54. The van der Waals surface area contributed by atoms with Gasteiger partial charge < -0.3 is 9.47 Å². The van der Waals surface area contributed by atoms with E-state index < -0.39 is 5.82 Å². The molecule has 27 heavy (non-hydrogen) atoms. The standard InChI is InChI=1S/C19H12Cl2FN3O2/c1-26-9-27-11-6-10-4-2-3-5-12(10)13(7-11)16-15(22)17-14(8-23-16)18(20)25-19(21)24-17/h2-8H,9H2,1H3. The first-order chi connectivity index (χ1) is 13.1. The zero-order valence-corrected chi connectivity index (χ0v) is 15.6. The van der Waals surface area contributed by atoms with Gasteiger partial charge in [-0.1, -0.05) is 35.9 Å². The summed E-state index contributed by atoms with van der Waals surface area (Å²) in [5.74, 6) is -0.0988. The molecule has 136 valence electrons. The molecule has 2 heterocycles. The third-order valence-electron chi connectivity index (χ3n) is 4.04. The first kappa shape index (κ1) is 17.9. The number of hydrogen-bond acceptors (Lipinski definition) is 5. The maximum absolute atomic E-state index is 15.3. The van der Waals surface area contributed by atoms with Crippen LogP contribution in [-0.4, -0.2) is 28.9 Å². The van der Waals surface area contributed by atoms with Crippen molar-refractivity contribution in [2.75, 3.05) is 13.9 Å². The van der Waals surface area contributed by atoms with Crippen molar-refractivity contribution < 1.29 is 13.9 Å². The number of pyridine rings is 1. The SMILES string of the molecule is COCOc1cc(-c2ncc3c(Cl)nc(Cl)nc3c2F)c2ccccc2c1. The van der Waals surface area contributed by atoms with E-state index in [2.05, 4.69) is 15.0 Å². The molecule has 0 aliphatic carbocycles. The number of methoxy groups -OCH3 is 1. The van der Waals surface area contributed by atoms with Crippen LogP contribution in [0.25, 0.3) is 32.9 Å². The number of halogens is 3. The van der Waals surface area contributed by atoms with Crippen LogP contribution in [0.2, 0.25) is 10.4 Å². The number of rotatable bonds is 4. The minimum atomic E-state index is -0.632. The fraction of sp³-hybridized carbons (Fsp3) is 0.105. The highest BCUT2D eigenvalue weighted by atomic mass is 35.5. The van der Waals surface area contributed by atoms with Gasteiger partial charge >= 0.3 is 0 Å². The first-order valence-electron chi connectivity index (χ1n) is 7.90. The third kappa shape index (κ3) is 3.27. The summed E-state index contributed by atoms with van der Waals surface area (Å²) in [6, 6.07) is 11.1. The Morgan fingerprint density at radius 3 is 2.70 bits per heavy atom. The van der Waals surface area contributed by atoms with Crippen molar-refractivity contribution in [3.05, 3.63) is 58.8 Å². The molecule has 4 rings (SSSR count). The van der Waals surface area contributed by atoms with Crippen LogP contribution in [0.4, 0.5) is 4.39 Å². The molecule has 0 radical (unpaired) electrons. The molecule has 0 fully saturated rings. The van der Waals surface area contributed by atoms with Crippen LogP contribution in [0.1, 0.15) is 0 Å². The van der Waals surface area contributed by atoms with Gasteiger partial charge in [-0.25, -0.2) is 14.4 Å². The molecular formula is C19H12Cl2FN3O2. The summed E-state index contributed by atoms with van der Waals surface area (Å²) < 4.78 is 25.8. The van der Waals surface area contributed by atoms with Gasteiger partial charge in [0.2, 0.25) is 5.28 Å². The lowest BCUT2D eigenvalue weighted by Gasteiger charge is -2.12. The van der Waals surface area contributed by atoms with E-state index in [1.165, 1.54) is 13.3 Å². The Morgan fingerprint density at radius 2 is 1.89 bits per heavy atom. The fourth-order valence-corrected chi connectivity index (χ4v) is 3.30. The first-order valence-corrected chi connectivity index (χ1v) is 8.66. The molecule has 5 nitrogen and oxygen atoms in total. The molecule has 2 aromatic heterocycles. The molecule has 0 aliphatic rings. The molecule has 0 spiro atoms. The number of hydrogen-bond donors (Lipinski definition) is 0. The van der Waals surface area contributed by atoms with Crippen molar-refractivity contribution in [3.63, 3.8) is 0 Å². The molecule has 0 saturated carbocycles. The highest BCUT2D eigenvalue weighted by Gasteiger charge is 2.18. The third-order valence-corrected chi connectivity index (χ3v) is 4.50. The van der Waals surface area contributed by atoms with Gasteiger partial charge in [-0.3, -0.25) is 4.98 Å². The lowest BCUT2D eigenvalue weighted by molar-refractivity contribution is 0.0512. The van der Waals surface area contributed by atoms with E-state index in [9.17, 15) is 0 Å². The second kappa shape index (κ2) is 7.23. The van der Waals surface area contributed by atoms with Crippen LogP contribution < -0.4 is 4.74 Å². The quantitative estimate of drug-likeness (QED) is 0.263. The van der Waals surface area contributed by atoms with Gasteiger partial charge in [0.05, 0.1) is 5.39 Å². The van der Waals surface area contributed by atoms with Crippen molar-refractivity contribution >= 4 is 44.9 Å². The summed E-state index contributed by atoms with van der Waals surface area (Å²) in [4.78, 5) is 12.1. The maximum atomic E-state index is 15.3. The molecule has 8 heteroatoms. The van der Waals surface area contributed by atoms with Gasteiger partial charge in [-0.15, -0.1) is 0 Å². The second-order valence-corrected chi connectivity index (χ2v) is 6.41. The van der Waals surface area contributed by atoms with Crippen LogP contribution in [0.3, 0.4) is 0 Å². The molecule has 0 amide bonds. The highest BCUT2D eigenvalue weighted by Crippen LogP contribution is 2.36. The summed E-state index contributed by atoms with van der Waals surface area (Å²) >= 11 is 11.9. The van der Waals surface area contributed by atoms with E-state index >= 15 is 4.39 Å². The van der Waals surface area contributed by atoms with Crippen LogP contribution >= 0.6 is 23.2 Å². The number of benzene rings is 2.